The Morgan fingerprint density at radius 3 is 2.68 bits per heavy atom. The molecule has 1 aliphatic rings. The number of benzene rings is 1. The van der Waals surface area contributed by atoms with Gasteiger partial charge < -0.3 is 23.7 Å². The molecule has 4 aromatic rings. The van der Waals surface area contributed by atoms with Crippen LogP contribution in [0.5, 0.6) is 0 Å². The minimum Gasteiger partial charge on any atom is -0.383 e. The van der Waals surface area contributed by atoms with E-state index in [0.717, 1.165) is 41.1 Å². The summed E-state index contributed by atoms with van der Waals surface area (Å²) < 4.78 is 20.1. The van der Waals surface area contributed by atoms with Crippen LogP contribution in [0.15, 0.2) is 36.7 Å². The van der Waals surface area contributed by atoms with E-state index >= 15 is 0 Å². The van der Waals surface area contributed by atoms with Gasteiger partial charge in [-0.15, -0.1) is 5.10 Å². The highest BCUT2D eigenvalue weighted by Gasteiger charge is 2.22. The van der Waals surface area contributed by atoms with E-state index < -0.39 is 0 Å². The average molecular weight is 464 g/mol. The van der Waals surface area contributed by atoms with Gasteiger partial charge in [0, 0.05) is 45.5 Å². The lowest BCUT2D eigenvalue weighted by Gasteiger charge is -2.29. The summed E-state index contributed by atoms with van der Waals surface area (Å²) in [5.74, 6) is 1.99. The zero-order valence-corrected chi connectivity index (χ0v) is 19.8. The Hall–Kier alpha value is -3.34. The first-order valence-corrected chi connectivity index (χ1v) is 11.4. The van der Waals surface area contributed by atoms with Crippen LogP contribution in [-0.4, -0.2) is 76.4 Å². The highest BCUT2D eigenvalue weighted by Crippen LogP contribution is 2.29. The van der Waals surface area contributed by atoms with Crippen molar-refractivity contribution >= 4 is 16.9 Å². The van der Waals surface area contributed by atoms with Crippen molar-refractivity contribution in [3.05, 3.63) is 48.0 Å². The average Bonchev–Trinajstić information content (AvgIpc) is 3.47. The molecule has 0 radical (unpaired) electrons. The minimum atomic E-state index is 0.314. The molecule has 10 heteroatoms. The van der Waals surface area contributed by atoms with Crippen LogP contribution in [-0.2, 0) is 27.4 Å². The molecule has 0 N–H and O–H groups in total. The molecule has 1 saturated heterocycles. The number of hydrogen-bond donors (Lipinski definition) is 0. The number of rotatable bonds is 8. The van der Waals surface area contributed by atoms with Crippen LogP contribution in [0.1, 0.15) is 11.4 Å². The summed E-state index contributed by atoms with van der Waals surface area (Å²) in [7, 11) is 3.34. The summed E-state index contributed by atoms with van der Waals surface area (Å²) in [6.45, 7) is 6.54. The molecular formula is C24H29N7O3. The Morgan fingerprint density at radius 1 is 1.06 bits per heavy atom. The standard InChI is InChI=1S/C24H29N7O3/c1-17-5-4-6-18(13-17)23-26-21(15-33-3)31(28-23)20-14-19(29-8-11-34-12-9-29)22-24(27-20)30(16-25-22)7-10-32-2/h4-6,13-14,16H,7-12,15H2,1-3H3. The number of aryl methyl sites for hydroxylation is 1. The number of aromatic nitrogens is 6. The molecule has 10 nitrogen and oxygen atoms in total. The third kappa shape index (κ3) is 4.39. The van der Waals surface area contributed by atoms with Crippen LogP contribution < -0.4 is 4.90 Å². The van der Waals surface area contributed by atoms with Gasteiger partial charge in [-0.25, -0.2) is 15.0 Å². The molecule has 0 spiro atoms. The van der Waals surface area contributed by atoms with E-state index in [1.54, 1.807) is 18.9 Å². The first kappa shape index (κ1) is 22.5. The lowest BCUT2D eigenvalue weighted by Crippen LogP contribution is -2.36. The fourth-order valence-electron chi connectivity index (χ4n) is 4.17. The van der Waals surface area contributed by atoms with Crippen LogP contribution in [0.4, 0.5) is 5.69 Å². The van der Waals surface area contributed by atoms with Crippen molar-refractivity contribution in [2.75, 3.05) is 52.0 Å². The monoisotopic (exact) mass is 463 g/mol. The van der Waals surface area contributed by atoms with Crippen LogP contribution in [0, 0.1) is 6.92 Å². The van der Waals surface area contributed by atoms with E-state index in [2.05, 4.69) is 24.0 Å². The summed E-state index contributed by atoms with van der Waals surface area (Å²) in [5, 5.41) is 4.85. The number of pyridine rings is 1. The van der Waals surface area contributed by atoms with E-state index in [0.29, 0.717) is 50.4 Å². The molecule has 3 aromatic heterocycles. The van der Waals surface area contributed by atoms with Gasteiger partial charge in [0.05, 0.1) is 31.8 Å². The van der Waals surface area contributed by atoms with Crippen molar-refractivity contribution in [3.63, 3.8) is 0 Å². The number of morpholine rings is 1. The molecule has 1 fully saturated rings. The number of methoxy groups -OCH3 is 2. The van der Waals surface area contributed by atoms with Gasteiger partial charge in [0.2, 0.25) is 0 Å². The van der Waals surface area contributed by atoms with Crippen LogP contribution in [0.3, 0.4) is 0 Å². The summed E-state index contributed by atoms with van der Waals surface area (Å²) in [4.78, 5) is 16.7. The second kappa shape index (κ2) is 9.88. The van der Waals surface area contributed by atoms with Crippen molar-refractivity contribution in [1.29, 1.82) is 0 Å². The molecule has 0 atom stereocenters. The number of anilines is 1. The van der Waals surface area contributed by atoms with Gasteiger partial charge in [0.1, 0.15) is 12.1 Å². The number of hydrogen-bond acceptors (Lipinski definition) is 8. The SMILES string of the molecule is COCCn1cnc2c(N3CCOCC3)cc(-n3nc(-c4cccc(C)c4)nc3COC)nc21. The Labute approximate surface area is 198 Å². The lowest BCUT2D eigenvalue weighted by atomic mass is 10.1. The van der Waals surface area contributed by atoms with Crippen LogP contribution in [0.25, 0.3) is 28.4 Å². The Balaban J connectivity index is 1.66. The molecule has 4 heterocycles. The molecule has 0 bridgehead atoms. The molecule has 34 heavy (non-hydrogen) atoms. The smallest absolute Gasteiger partial charge is 0.182 e. The van der Waals surface area contributed by atoms with Crippen molar-refractivity contribution in [2.24, 2.45) is 0 Å². The molecule has 0 aliphatic carbocycles. The normalized spacial score (nSPS) is 14.3. The van der Waals surface area contributed by atoms with Gasteiger partial charge in [-0.05, 0) is 13.0 Å². The van der Waals surface area contributed by atoms with Gasteiger partial charge in [-0.1, -0.05) is 23.8 Å². The maximum Gasteiger partial charge on any atom is 0.182 e. The molecule has 0 amide bonds. The van der Waals surface area contributed by atoms with Crippen LogP contribution in [0.2, 0.25) is 0 Å². The third-order valence-electron chi connectivity index (χ3n) is 5.87. The van der Waals surface area contributed by atoms with Crippen LogP contribution >= 0.6 is 0 Å². The molecule has 1 aliphatic heterocycles. The summed E-state index contributed by atoms with van der Waals surface area (Å²) in [6, 6.07) is 10.2. The molecule has 178 valence electrons. The molecule has 5 rings (SSSR count). The van der Waals surface area contributed by atoms with E-state index in [-0.39, 0.29) is 0 Å². The molecule has 1 aromatic carbocycles. The van der Waals surface area contributed by atoms with Crippen molar-refractivity contribution in [2.45, 2.75) is 20.1 Å². The zero-order chi connectivity index (χ0) is 23.5. The summed E-state index contributed by atoms with van der Waals surface area (Å²) in [6.07, 6.45) is 1.82. The Bertz CT molecular complexity index is 1280. The number of fused-ring (bicyclic) bond motifs is 1. The summed E-state index contributed by atoms with van der Waals surface area (Å²) in [5.41, 5.74) is 4.76. The van der Waals surface area contributed by atoms with Crippen molar-refractivity contribution in [1.82, 2.24) is 29.3 Å². The van der Waals surface area contributed by atoms with Gasteiger partial charge in [0.15, 0.2) is 23.1 Å². The second-order valence-electron chi connectivity index (χ2n) is 8.27. The van der Waals surface area contributed by atoms with Crippen molar-refractivity contribution < 1.29 is 14.2 Å². The van der Waals surface area contributed by atoms with Gasteiger partial charge in [0.25, 0.3) is 0 Å². The van der Waals surface area contributed by atoms with E-state index in [9.17, 15) is 0 Å². The first-order chi connectivity index (χ1) is 16.7. The summed E-state index contributed by atoms with van der Waals surface area (Å²) >= 11 is 0. The van der Waals surface area contributed by atoms with Gasteiger partial charge in [-0.2, -0.15) is 4.68 Å². The fourth-order valence-corrected chi connectivity index (χ4v) is 4.17. The molecular weight excluding hydrogens is 434 g/mol. The fraction of sp³-hybridized carbons (Fsp3) is 0.417. The lowest BCUT2D eigenvalue weighted by molar-refractivity contribution is 0.123. The Morgan fingerprint density at radius 2 is 1.91 bits per heavy atom. The highest BCUT2D eigenvalue weighted by atomic mass is 16.5. The third-order valence-corrected chi connectivity index (χ3v) is 5.87. The molecule has 0 saturated carbocycles. The number of nitrogens with zero attached hydrogens (tertiary/aromatic N) is 7. The maximum absolute atomic E-state index is 5.58. The minimum absolute atomic E-state index is 0.314. The number of imidazole rings is 1. The van der Waals surface area contributed by atoms with Gasteiger partial charge in [-0.3, -0.25) is 0 Å². The predicted molar refractivity (Wildman–Crippen MR) is 128 cm³/mol. The van der Waals surface area contributed by atoms with E-state index in [1.807, 2.05) is 29.1 Å². The molecule has 0 unspecified atom stereocenters. The van der Waals surface area contributed by atoms with E-state index in [4.69, 9.17) is 34.3 Å². The topological polar surface area (TPSA) is 92.3 Å². The zero-order valence-electron chi connectivity index (χ0n) is 19.8. The highest BCUT2D eigenvalue weighted by molar-refractivity contribution is 5.87. The number of ether oxygens (including phenoxy) is 3. The quantitative estimate of drug-likeness (QED) is 0.394. The second-order valence-corrected chi connectivity index (χ2v) is 8.27. The maximum atomic E-state index is 5.58. The first-order valence-electron chi connectivity index (χ1n) is 11.4. The van der Waals surface area contributed by atoms with Gasteiger partial charge >= 0.3 is 0 Å². The Kier molecular flexibility index (Phi) is 6.52. The van der Waals surface area contributed by atoms with Crippen molar-refractivity contribution in [3.8, 4) is 17.2 Å². The van der Waals surface area contributed by atoms with E-state index in [1.165, 1.54) is 0 Å². The largest absolute Gasteiger partial charge is 0.383 e. The predicted octanol–water partition coefficient (Wildman–Crippen LogP) is 2.62.